The zero-order chi connectivity index (χ0) is 21.1. The summed E-state index contributed by atoms with van der Waals surface area (Å²) in [6, 6.07) is 0. The molecule has 0 aromatic carbocycles. The van der Waals surface area contributed by atoms with Crippen molar-refractivity contribution in [2.24, 2.45) is 28.6 Å². The van der Waals surface area contributed by atoms with Gasteiger partial charge in [-0.3, -0.25) is 19.2 Å². The highest BCUT2D eigenvalue weighted by molar-refractivity contribution is 5.98. The fraction of sp³-hybridized carbons (Fsp3) is 0.739. The smallest absolute Gasteiger partial charge is 0.303 e. The Morgan fingerprint density at radius 2 is 1.62 bits per heavy atom. The number of carbonyl (C=O) groups excluding carboxylic acids is 4. The number of fused-ring (bicyclic) bond motifs is 5. The van der Waals surface area contributed by atoms with E-state index < -0.39 is 17.5 Å². The van der Waals surface area contributed by atoms with Crippen LogP contribution in [0.2, 0.25) is 0 Å². The second-order valence-electron chi connectivity index (χ2n) is 9.86. The normalized spacial score (nSPS) is 43.6. The molecule has 0 amide bonds. The van der Waals surface area contributed by atoms with E-state index in [1.807, 2.05) is 6.92 Å². The molecule has 0 aromatic rings. The molecule has 4 aliphatic rings. The van der Waals surface area contributed by atoms with Crippen molar-refractivity contribution >= 4 is 23.5 Å². The van der Waals surface area contributed by atoms with Crippen molar-refractivity contribution in [1.82, 2.24) is 0 Å². The first-order valence-electron chi connectivity index (χ1n) is 10.7. The Hall–Kier alpha value is -1.98. The molecule has 0 radical (unpaired) electrons. The van der Waals surface area contributed by atoms with E-state index in [1.165, 1.54) is 13.8 Å². The van der Waals surface area contributed by atoms with Crippen LogP contribution in [0.3, 0.4) is 0 Å². The van der Waals surface area contributed by atoms with E-state index in [4.69, 9.17) is 9.47 Å². The summed E-state index contributed by atoms with van der Waals surface area (Å²) in [4.78, 5) is 49.1. The first-order valence-corrected chi connectivity index (χ1v) is 10.7. The molecule has 158 valence electrons. The maximum atomic E-state index is 13.3. The molecular formula is C23H30O6. The zero-order valence-corrected chi connectivity index (χ0v) is 17.7. The van der Waals surface area contributed by atoms with E-state index in [0.717, 1.165) is 31.3 Å². The minimum atomic E-state index is -0.730. The largest absolute Gasteiger partial charge is 0.462 e. The Bertz CT molecular complexity index is 812. The molecule has 0 N–H and O–H groups in total. The van der Waals surface area contributed by atoms with Gasteiger partial charge in [-0.15, -0.1) is 0 Å². The number of esters is 2. The average molecular weight is 402 g/mol. The Balaban J connectivity index is 1.65. The second-order valence-corrected chi connectivity index (χ2v) is 9.86. The summed E-state index contributed by atoms with van der Waals surface area (Å²) in [6.07, 6.45) is 5.13. The molecule has 0 aliphatic heterocycles. The quantitative estimate of drug-likeness (QED) is 0.660. The third kappa shape index (κ3) is 3.06. The van der Waals surface area contributed by atoms with Gasteiger partial charge in [-0.25, -0.2) is 0 Å². The fourth-order valence-electron chi connectivity index (χ4n) is 6.78. The highest BCUT2D eigenvalue weighted by Gasteiger charge is 2.64. The van der Waals surface area contributed by atoms with Crippen LogP contribution in [0.5, 0.6) is 0 Å². The molecule has 29 heavy (non-hydrogen) atoms. The van der Waals surface area contributed by atoms with E-state index in [0.29, 0.717) is 12.8 Å². The van der Waals surface area contributed by atoms with Crippen molar-refractivity contribution in [2.75, 3.05) is 0 Å². The van der Waals surface area contributed by atoms with E-state index >= 15 is 0 Å². The maximum absolute atomic E-state index is 13.3. The van der Waals surface area contributed by atoms with Gasteiger partial charge in [0.1, 0.15) is 6.10 Å². The van der Waals surface area contributed by atoms with E-state index in [-0.39, 0.29) is 46.8 Å². The predicted molar refractivity (Wildman–Crippen MR) is 104 cm³/mol. The minimum Gasteiger partial charge on any atom is -0.462 e. The topological polar surface area (TPSA) is 86.7 Å². The van der Waals surface area contributed by atoms with E-state index in [9.17, 15) is 19.2 Å². The van der Waals surface area contributed by atoms with Gasteiger partial charge in [-0.05, 0) is 55.4 Å². The maximum Gasteiger partial charge on any atom is 0.303 e. The van der Waals surface area contributed by atoms with Crippen molar-refractivity contribution in [2.45, 2.75) is 78.4 Å². The van der Waals surface area contributed by atoms with Crippen LogP contribution in [-0.4, -0.2) is 35.7 Å². The summed E-state index contributed by atoms with van der Waals surface area (Å²) in [6.45, 7) is 6.93. The molecule has 3 saturated carbocycles. The number of hydrogen-bond acceptors (Lipinski definition) is 6. The highest BCUT2D eigenvalue weighted by Crippen LogP contribution is 2.63. The summed E-state index contributed by atoms with van der Waals surface area (Å²) >= 11 is 0. The Morgan fingerprint density at radius 1 is 0.966 bits per heavy atom. The molecule has 4 aliphatic carbocycles. The average Bonchev–Trinajstić information content (AvgIpc) is 2.87. The third-order valence-corrected chi connectivity index (χ3v) is 8.25. The van der Waals surface area contributed by atoms with Crippen molar-refractivity contribution in [3.05, 3.63) is 11.6 Å². The molecule has 4 rings (SSSR count). The molecule has 3 fully saturated rings. The number of ether oxygens (including phenoxy) is 2. The van der Waals surface area contributed by atoms with Gasteiger partial charge in [0, 0.05) is 31.6 Å². The summed E-state index contributed by atoms with van der Waals surface area (Å²) in [7, 11) is 0. The molecule has 0 saturated heterocycles. The lowest BCUT2D eigenvalue weighted by Gasteiger charge is -2.55. The molecule has 0 bridgehead atoms. The van der Waals surface area contributed by atoms with Crippen LogP contribution in [-0.2, 0) is 28.7 Å². The first kappa shape index (κ1) is 20.3. The van der Waals surface area contributed by atoms with Crippen LogP contribution in [0.15, 0.2) is 11.6 Å². The summed E-state index contributed by atoms with van der Waals surface area (Å²) in [5, 5.41) is 0. The number of ketones is 2. The Morgan fingerprint density at radius 3 is 2.28 bits per heavy atom. The summed E-state index contributed by atoms with van der Waals surface area (Å²) in [5.74, 6) is -0.803. The highest BCUT2D eigenvalue weighted by atomic mass is 16.5. The second kappa shape index (κ2) is 6.78. The van der Waals surface area contributed by atoms with E-state index in [2.05, 4.69) is 6.92 Å². The minimum absolute atomic E-state index is 0.0255. The molecule has 0 unspecified atom stereocenters. The third-order valence-electron chi connectivity index (χ3n) is 8.25. The number of hydrogen-bond donors (Lipinski definition) is 0. The van der Waals surface area contributed by atoms with Gasteiger partial charge in [-0.1, -0.05) is 19.4 Å². The molecule has 7 atom stereocenters. The Kier molecular flexibility index (Phi) is 4.74. The van der Waals surface area contributed by atoms with Crippen molar-refractivity contribution in [1.29, 1.82) is 0 Å². The van der Waals surface area contributed by atoms with Gasteiger partial charge in [0.25, 0.3) is 0 Å². The van der Waals surface area contributed by atoms with Gasteiger partial charge in [0.05, 0.1) is 0 Å². The summed E-state index contributed by atoms with van der Waals surface area (Å²) in [5.41, 5.74) is 0.373. The van der Waals surface area contributed by atoms with Crippen LogP contribution >= 0.6 is 0 Å². The number of carbonyl (C=O) groups is 4. The Labute approximate surface area is 171 Å². The molecule has 0 spiro atoms. The number of rotatable bonds is 2. The number of Topliss-reactive ketones (excluding diaryl/α,β-unsaturated/α-hetero) is 1. The first-order chi connectivity index (χ1) is 13.6. The molecule has 0 heterocycles. The van der Waals surface area contributed by atoms with Crippen molar-refractivity contribution in [3.8, 4) is 0 Å². The lowest BCUT2D eigenvalue weighted by atomic mass is 9.48. The predicted octanol–water partition coefficient (Wildman–Crippen LogP) is 3.17. The van der Waals surface area contributed by atoms with Crippen LogP contribution in [0.1, 0.15) is 66.2 Å². The zero-order valence-electron chi connectivity index (χ0n) is 17.7. The van der Waals surface area contributed by atoms with Crippen molar-refractivity contribution in [3.63, 3.8) is 0 Å². The number of allylic oxidation sites excluding steroid dienone is 1. The van der Waals surface area contributed by atoms with Crippen LogP contribution < -0.4 is 0 Å². The summed E-state index contributed by atoms with van der Waals surface area (Å²) < 4.78 is 10.7. The van der Waals surface area contributed by atoms with E-state index in [1.54, 1.807) is 6.08 Å². The molecule has 6 heteroatoms. The van der Waals surface area contributed by atoms with Crippen LogP contribution in [0, 0.1) is 28.6 Å². The van der Waals surface area contributed by atoms with Gasteiger partial charge in [-0.2, -0.15) is 0 Å². The van der Waals surface area contributed by atoms with Crippen LogP contribution in [0.4, 0.5) is 0 Å². The van der Waals surface area contributed by atoms with Gasteiger partial charge in [0.15, 0.2) is 17.7 Å². The monoisotopic (exact) mass is 402 g/mol. The van der Waals surface area contributed by atoms with Crippen LogP contribution in [0.25, 0.3) is 0 Å². The van der Waals surface area contributed by atoms with Gasteiger partial charge >= 0.3 is 11.9 Å². The lowest BCUT2D eigenvalue weighted by molar-refractivity contribution is -0.154. The van der Waals surface area contributed by atoms with Gasteiger partial charge in [0.2, 0.25) is 0 Å². The van der Waals surface area contributed by atoms with Crippen molar-refractivity contribution < 1.29 is 28.7 Å². The molecule has 0 aromatic heterocycles. The SMILES string of the molecule is CC(=O)O[C@@H]1CC[C@@]2(C)C(=CC(=O)[C@@H]3[C@@H]2CC[C@]2(C)C(=O)[C@H](OC(C)=O)C[C@@H]32)C1. The molecule has 6 nitrogen and oxygen atoms in total. The fourth-order valence-corrected chi connectivity index (χ4v) is 6.78. The van der Waals surface area contributed by atoms with Gasteiger partial charge < -0.3 is 9.47 Å². The lowest BCUT2D eigenvalue weighted by Crippen LogP contribution is -2.53. The standard InChI is InChI=1S/C23H30O6/c1-12(24)28-15-5-7-22(3)14(9-15)10-18(26)20-16(22)6-8-23(4)17(20)11-19(21(23)27)29-13(2)25/h10,15-17,19-20H,5-9,11H2,1-4H3/t15-,16+,17+,19-,20-,22+,23+/m1/s1. The molecular weight excluding hydrogens is 372 g/mol.